The van der Waals surface area contributed by atoms with Crippen LogP contribution in [0.2, 0.25) is 5.02 Å². The molecule has 0 aliphatic rings. The van der Waals surface area contributed by atoms with Crippen molar-refractivity contribution in [2.24, 2.45) is 0 Å². The average Bonchev–Trinajstić information content (AvgIpc) is 2.55. The molecule has 0 bridgehead atoms. The Balaban J connectivity index is 2.26. The van der Waals surface area contributed by atoms with Gasteiger partial charge in [0.1, 0.15) is 0 Å². The van der Waals surface area contributed by atoms with Gasteiger partial charge in [-0.1, -0.05) is 72.3 Å². The molecule has 1 heterocycles. The topological polar surface area (TPSA) is 12.9 Å². The SMILES string of the molecule is Cc1c(-c2ccccc2)nc(-c2ccccc2)c(C)c1Cl. The van der Waals surface area contributed by atoms with E-state index >= 15 is 0 Å². The Bertz CT molecular complexity index is 701. The Kier molecular flexibility index (Phi) is 3.76. The molecular weight excluding hydrogens is 278 g/mol. The summed E-state index contributed by atoms with van der Waals surface area (Å²) in [6.45, 7) is 4.05. The summed E-state index contributed by atoms with van der Waals surface area (Å²) in [6, 6.07) is 20.4. The van der Waals surface area contributed by atoms with Gasteiger partial charge in [0.05, 0.1) is 16.4 Å². The third kappa shape index (κ3) is 2.57. The Morgan fingerprint density at radius 1 is 0.667 bits per heavy atom. The number of hydrogen-bond donors (Lipinski definition) is 0. The molecule has 0 radical (unpaired) electrons. The van der Waals surface area contributed by atoms with Gasteiger partial charge in [0.15, 0.2) is 0 Å². The Morgan fingerprint density at radius 2 is 1.05 bits per heavy atom. The Hall–Kier alpha value is -2.12. The maximum absolute atomic E-state index is 6.55. The second kappa shape index (κ2) is 5.71. The number of nitrogens with zero attached hydrogens (tertiary/aromatic N) is 1. The van der Waals surface area contributed by atoms with Crippen molar-refractivity contribution in [3.63, 3.8) is 0 Å². The summed E-state index contributed by atoms with van der Waals surface area (Å²) in [4.78, 5) is 4.89. The van der Waals surface area contributed by atoms with Gasteiger partial charge in [-0.3, -0.25) is 0 Å². The standard InChI is InChI=1S/C19H16ClN/c1-13-17(20)14(2)19(16-11-7-4-8-12-16)21-18(13)15-9-5-3-6-10-15/h3-12H,1-2H3. The van der Waals surface area contributed by atoms with Gasteiger partial charge in [-0.05, 0) is 25.0 Å². The summed E-state index contributed by atoms with van der Waals surface area (Å²) in [5.74, 6) is 0. The van der Waals surface area contributed by atoms with E-state index in [1.54, 1.807) is 0 Å². The van der Waals surface area contributed by atoms with E-state index < -0.39 is 0 Å². The van der Waals surface area contributed by atoms with Gasteiger partial charge in [0.25, 0.3) is 0 Å². The molecule has 0 N–H and O–H groups in total. The number of hydrogen-bond acceptors (Lipinski definition) is 1. The van der Waals surface area contributed by atoms with E-state index in [-0.39, 0.29) is 0 Å². The van der Waals surface area contributed by atoms with Crippen molar-refractivity contribution in [3.05, 3.63) is 76.8 Å². The van der Waals surface area contributed by atoms with Crippen LogP contribution in [0.25, 0.3) is 22.5 Å². The summed E-state index contributed by atoms with van der Waals surface area (Å²) < 4.78 is 0. The predicted molar refractivity (Wildman–Crippen MR) is 89.6 cm³/mol. The van der Waals surface area contributed by atoms with Crippen LogP contribution >= 0.6 is 11.6 Å². The van der Waals surface area contributed by atoms with Crippen molar-refractivity contribution in [3.8, 4) is 22.5 Å². The Morgan fingerprint density at radius 3 is 1.43 bits per heavy atom. The van der Waals surface area contributed by atoms with Crippen LogP contribution in [0, 0.1) is 13.8 Å². The third-order valence-electron chi connectivity index (χ3n) is 3.69. The van der Waals surface area contributed by atoms with Crippen LogP contribution in [-0.4, -0.2) is 4.98 Å². The van der Waals surface area contributed by atoms with Crippen molar-refractivity contribution < 1.29 is 0 Å². The fraction of sp³-hybridized carbons (Fsp3) is 0.105. The normalized spacial score (nSPS) is 10.6. The molecule has 0 saturated carbocycles. The van der Waals surface area contributed by atoms with Crippen LogP contribution in [0.5, 0.6) is 0 Å². The maximum atomic E-state index is 6.55. The molecule has 0 spiro atoms. The summed E-state index contributed by atoms with van der Waals surface area (Å²) in [7, 11) is 0. The second-order valence-electron chi connectivity index (χ2n) is 5.11. The van der Waals surface area contributed by atoms with Crippen molar-refractivity contribution >= 4 is 11.6 Å². The Labute approximate surface area is 130 Å². The van der Waals surface area contributed by atoms with E-state index in [1.807, 2.05) is 50.2 Å². The molecule has 0 atom stereocenters. The summed E-state index contributed by atoms with van der Waals surface area (Å²) in [5, 5.41) is 0.794. The van der Waals surface area contributed by atoms with E-state index in [0.717, 1.165) is 38.7 Å². The molecule has 1 nitrogen and oxygen atoms in total. The maximum Gasteiger partial charge on any atom is 0.0753 e. The fourth-order valence-corrected chi connectivity index (χ4v) is 2.70. The first-order valence-electron chi connectivity index (χ1n) is 6.96. The summed E-state index contributed by atoms with van der Waals surface area (Å²) >= 11 is 6.55. The lowest BCUT2D eigenvalue weighted by Gasteiger charge is -2.14. The molecule has 0 aliphatic heterocycles. The molecule has 0 unspecified atom stereocenters. The van der Waals surface area contributed by atoms with Crippen LogP contribution in [0.1, 0.15) is 11.1 Å². The molecule has 3 rings (SSSR count). The molecule has 0 fully saturated rings. The van der Waals surface area contributed by atoms with Crippen LogP contribution in [-0.2, 0) is 0 Å². The highest BCUT2D eigenvalue weighted by molar-refractivity contribution is 6.32. The van der Waals surface area contributed by atoms with Crippen molar-refractivity contribution in [1.82, 2.24) is 4.98 Å². The first kappa shape index (κ1) is 13.8. The van der Waals surface area contributed by atoms with Gasteiger partial charge in [0.2, 0.25) is 0 Å². The van der Waals surface area contributed by atoms with Crippen LogP contribution in [0.4, 0.5) is 0 Å². The van der Waals surface area contributed by atoms with Gasteiger partial charge in [-0.15, -0.1) is 0 Å². The van der Waals surface area contributed by atoms with Gasteiger partial charge in [-0.2, -0.15) is 0 Å². The molecular formula is C19H16ClN. The highest BCUT2D eigenvalue weighted by Gasteiger charge is 2.15. The highest BCUT2D eigenvalue weighted by atomic mass is 35.5. The van der Waals surface area contributed by atoms with Crippen molar-refractivity contribution in [2.45, 2.75) is 13.8 Å². The lowest BCUT2D eigenvalue weighted by molar-refractivity contribution is 1.23. The molecule has 2 heteroatoms. The average molecular weight is 294 g/mol. The van der Waals surface area contributed by atoms with Crippen LogP contribution in [0.15, 0.2) is 60.7 Å². The van der Waals surface area contributed by atoms with Gasteiger partial charge in [0, 0.05) is 11.1 Å². The zero-order valence-corrected chi connectivity index (χ0v) is 12.9. The van der Waals surface area contributed by atoms with Crippen molar-refractivity contribution in [2.75, 3.05) is 0 Å². The highest BCUT2D eigenvalue weighted by Crippen LogP contribution is 2.34. The molecule has 0 amide bonds. The largest absolute Gasteiger partial charge is 0.247 e. The van der Waals surface area contributed by atoms with Gasteiger partial charge >= 0.3 is 0 Å². The monoisotopic (exact) mass is 293 g/mol. The molecule has 2 aromatic carbocycles. The summed E-state index contributed by atoms with van der Waals surface area (Å²) in [5.41, 5.74) is 6.14. The minimum absolute atomic E-state index is 0.794. The molecule has 0 aliphatic carbocycles. The number of pyridine rings is 1. The lowest BCUT2D eigenvalue weighted by atomic mass is 10.0. The smallest absolute Gasteiger partial charge is 0.0753 e. The number of rotatable bonds is 2. The van der Waals surface area contributed by atoms with E-state index in [2.05, 4.69) is 24.3 Å². The van der Waals surface area contributed by atoms with E-state index in [9.17, 15) is 0 Å². The van der Waals surface area contributed by atoms with E-state index in [1.165, 1.54) is 0 Å². The van der Waals surface area contributed by atoms with Crippen LogP contribution in [0.3, 0.4) is 0 Å². The van der Waals surface area contributed by atoms with Crippen molar-refractivity contribution in [1.29, 1.82) is 0 Å². The predicted octanol–water partition coefficient (Wildman–Crippen LogP) is 5.69. The molecule has 21 heavy (non-hydrogen) atoms. The molecule has 1 aromatic heterocycles. The first-order valence-corrected chi connectivity index (χ1v) is 7.34. The third-order valence-corrected chi connectivity index (χ3v) is 4.25. The number of aromatic nitrogens is 1. The van der Waals surface area contributed by atoms with E-state index in [0.29, 0.717) is 0 Å². The molecule has 0 saturated heterocycles. The second-order valence-corrected chi connectivity index (χ2v) is 5.48. The quantitative estimate of drug-likeness (QED) is 0.592. The molecule has 104 valence electrons. The zero-order valence-electron chi connectivity index (χ0n) is 12.1. The zero-order chi connectivity index (χ0) is 14.8. The van der Waals surface area contributed by atoms with Gasteiger partial charge < -0.3 is 0 Å². The van der Waals surface area contributed by atoms with E-state index in [4.69, 9.17) is 16.6 Å². The number of halogens is 1. The minimum atomic E-state index is 0.794. The number of benzene rings is 2. The van der Waals surface area contributed by atoms with Gasteiger partial charge in [-0.25, -0.2) is 4.98 Å². The summed E-state index contributed by atoms with van der Waals surface area (Å²) in [6.07, 6.45) is 0. The molecule has 3 aromatic rings. The van der Waals surface area contributed by atoms with Crippen LogP contribution < -0.4 is 0 Å². The fourth-order valence-electron chi connectivity index (χ4n) is 2.52. The lowest BCUT2D eigenvalue weighted by Crippen LogP contribution is -1.97. The first-order chi connectivity index (χ1) is 10.2. The minimum Gasteiger partial charge on any atom is -0.247 e.